The topological polar surface area (TPSA) is 68.3 Å². The average molecular weight is 430 g/mol. The summed E-state index contributed by atoms with van der Waals surface area (Å²) >= 11 is 0. The summed E-state index contributed by atoms with van der Waals surface area (Å²) in [6.07, 6.45) is 1.58. The fourth-order valence-corrected chi connectivity index (χ4v) is 3.42. The van der Waals surface area contributed by atoms with Crippen molar-refractivity contribution in [3.8, 4) is 22.6 Å². The van der Waals surface area contributed by atoms with E-state index in [1.807, 2.05) is 0 Å². The lowest BCUT2D eigenvalue weighted by Crippen LogP contribution is -2.14. The maximum atomic E-state index is 14.1. The molecule has 0 spiro atoms. The minimum Gasteiger partial charge on any atom is -0.454 e. The number of hydrogen-bond donors (Lipinski definition) is 1. The van der Waals surface area contributed by atoms with Gasteiger partial charge in [0.1, 0.15) is 11.6 Å². The van der Waals surface area contributed by atoms with Crippen LogP contribution in [-0.4, -0.2) is 19.2 Å². The number of hydrogen-bond acceptors (Lipinski definition) is 4. The van der Waals surface area contributed by atoms with Gasteiger partial charge in [-0.05, 0) is 68.0 Å². The lowest BCUT2D eigenvalue weighted by Gasteiger charge is -2.15. The summed E-state index contributed by atoms with van der Waals surface area (Å²) in [4.78, 5) is 4.34. The molecule has 3 aromatic rings. The SMILES string of the molecule is C=Cc1cc(-c2cc(NS(=O)(=O)CC)ccc2Oc2ccc(F)cc2F)cc(C)n1. The van der Waals surface area contributed by atoms with Crippen LogP contribution in [0.25, 0.3) is 17.2 Å². The number of pyridine rings is 1. The highest BCUT2D eigenvalue weighted by molar-refractivity contribution is 7.92. The van der Waals surface area contributed by atoms with Gasteiger partial charge in [-0.3, -0.25) is 9.71 Å². The molecule has 0 atom stereocenters. The van der Waals surface area contributed by atoms with E-state index in [1.54, 1.807) is 31.2 Å². The quantitative estimate of drug-likeness (QED) is 0.535. The number of sulfonamides is 1. The molecule has 0 aliphatic rings. The molecule has 0 bridgehead atoms. The van der Waals surface area contributed by atoms with E-state index in [0.717, 1.165) is 12.1 Å². The maximum absolute atomic E-state index is 14.1. The molecule has 0 saturated heterocycles. The summed E-state index contributed by atoms with van der Waals surface area (Å²) in [5, 5.41) is 0. The number of ether oxygens (including phenoxy) is 1. The highest BCUT2D eigenvalue weighted by Gasteiger charge is 2.15. The first-order valence-corrected chi connectivity index (χ1v) is 10.7. The molecule has 0 amide bonds. The molecule has 0 aliphatic carbocycles. The summed E-state index contributed by atoms with van der Waals surface area (Å²) < 4.78 is 59.5. The minimum absolute atomic E-state index is 0.0870. The molecule has 0 saturated carbocycles. The Morgan fingerprint density at radius 3 is 2.50 bits per heavy atom. The number of aryl methyl sites for hydroxylation is 1. The second-order valence-electron chi connectivity index (χ2n) is 6.52. The summed E-state index contributed by atoms with van der Waals surface area (Å²) in [5.41, 5.74) is 2.83. The van der Waals surface area contributed by atoms with Gasteiger partial charge in [-0.1, -0.05) is 6.58 Å². The number of nitrogens with zero attached hydrogens (tertiary/aromatic N) is 1. The maximum Gasteiger partial charge on any atom is 0.232 e. The highest BCUT2D eigenvalue weighted by atomic mass is 32.2. The molecule has 0 radical (unpaired) electrons. The van der Waals surface area contributed by atoms with Crippen molar-refractivity contribution in [2.45, 2.75) is 13.8 Å². The molecule has 8 heteroatoms. The van der Waals surface area contributed by atoms with Crippen molar-refractivity contribution < 1.29 is 21.9 Å². The standard InChI is InChI=1S/C22H20F2N2O3S/c1-4-17-11-15(10-14(3)25-17)19-13-18(26-30(27,28)5-2)7-9-21(19)29-22-8-6-16(23)12-20(22)24/h4,6-13,26H,1,5H2,2-3H3. The van der Waals surface area contributed by atoms with Crippen LogP contribution in [0.4, 0.5) is 14.5 Å². The first-order chi connectivity index (χ1) is 14.2. The van der Waals surface area contributed by atoms with E-state index in [9.17, 15) is 17.2 Å². The highest BCUT2D eigenvalue weighted by Crippen LogP contribution is 2.37. The van der Waals surface area contributed by atoms with Crippen molar-refractivity contribution in [3.05, 3.63) is 78.1 Å². The first kappa shape index (κ1) is 21.4. The van der Waals surface area contributed by atoms with Gasteiger partial charge in [-0.15, -0.1) is 0 Å². The second-order valence-corrected chi connectivity index (χ2v) is 8.53. The van der Waals surface area contributed by atoms with E-state index in [1.165, 1.54) is 25.1 Å². The van der Waals surface area contributed by atoms with Crippen LogP contribution in [0.5, 0.6) is 11.5 Å². The van der Waals surface area contributed by atoms with Crippen molar-refractivity contribution in [2.24, 2.45) is 0 Å². The van der Waals surface area contributed by atoms with Crippen LogP contribution in [0, 0.1) is 18.6 Å². The number of anilines is 1. The smallest absolute Gasteiger partial charge is 0.232 e. The number of benzene rings is 2. The molecule has 30 heavy (non-hydrogen) atoms. The van der Waals surface area contributed by atoms with Crippen molar-refractivity contribution in [3.63, 3.8) is 0 Å². The molecule has 1 N–H and O–H groups in total. The minimum atomic E-state index is -3.50. The fourth-order valence-electron chi connectivity index (χ4n) is 2.79. The number of aromatic nitrogens is 1. The van der Waals surface area contributed by atoms with Gasteiger partial charge in [0.05, 0.1) is 11.4 Å². The summed E-state index contributed by atoms with van der Waals surface area (Å²) in [6.45, 7) is 7.06. The van der Waals surface area contributed by atoms with Crippen molar-refractivity contribution in [1.82, 2.24) is 4.98 Å². The normalized spacial score (nSPS) is 11.2. The van der Waals surface area contributed by atoms with E-state index in [-0.39, 0.29) is 17.3 Å². The van der Waals surface area contributed by atoms with Gasteiger partial charge in [0.25, 0.3) is 0 Å². The van der Waals surface area contributed by atoms with Crippen molar-refractivity contribution >= 4 is 21.8 Å². The third-order valence-corrected chi connectivity index (χ3v) is 5.55. The molecule has 0 aliphatic heterocycles. The van der Waals surface area contributed by atoms with Crippen LogP contribution in [0.3, 0.4) is 0 Å². The molecule has 5 nitrogen and oxygen atoms in total. The van der Waals surface area contributed by atoms with Gasteiger partial charge >= 0.3 is 0 Å². The Morgan fingerprint density at radius 1 is 1.10 bits per heavy atom. The zero-order chi connectivity index (χ0) is 21.9. The lowest BCUT2D eigenvalue weighted by molar-refractivity contribution is 0.439. The molecule has 1 aromatic heterocycles. The Morgan fingerprint density at radius 2 is 1.83 bits per heavy atom. The summed E-state index contributed by atoms with van der Waals surface area (Å²) in [5.74, 6) is -1.55. The molecule has 3 rings (SSSR count). The number of nitrogens with one attached hydrogen (secondary N) is 1. The van der Waals surface area contributed by atoms with Crippen LogP contribution in [0.2, 0.25) is 0 Å². The lowest BCUT2D eigenvalue weighted by atomic mass is 10.0. The Bertz CT molecular complexity index is 1210. The Balaban J connectivity index is 2.14. The molecule has 0 fully saturated rings. The van der Waals surface area contributed by atoms with Crippen molar-refractivity contribution in [2.75, 3.05) is 10.5 Å². The third kappa shape index (κ3) is 5.01. The second kappa shape index (κ2) is 8.62. The van der Waals surface area contributed by atoms with E-state index in [2.05, 4.69) is 16.3 Å². The van der Waals surface area contributed by atoms with Gasteiger partial charge in [-0.25, -0.2) is 17.2 Å². The van der Waals surface area contributed by atoms with Gasteiger partial charge in [0.15, 0.2) is 11.6 Å². The third-order valence-electron chi connectivity index (χ3n) is 4.24. The van der Waals surface area contributed by atoms with Crippen LogP contribution in [0.1, 0.15) is 18.3 Å². The van der Waals surface area contributed by atoms with Crippen LogP contribution < -0.4 is 9.46 Å². The van der Waals surface area contributed by atoms with Crippen LogP contribution in [-0.2, 0) is 10.0 Å². The van der Waals surface area contributed by atoms with E-state index in [4.69, 9.17) is 4.74 Å². The number of halogens is 2. The summed E-state index contributed by atoms with van der Waals surface area (Å²) in [6, 6.07) is 11.2. The van der Waals surface area contributed by atoms with E-state index in [0.29, 0.717) is 28.2 Å². The molecule has 1 heterocycles. The summed E-state index contributed by atoms with van der Waals surface area (Å²) in [7, 11) is -3.50. The van der Waals surface area contributed by atoms with Gasteiger partial charge in [0.2, 0.25) is 10.0 Å². The Labute approximate surface area is 174 Å². The monoisotopic (exact) mass is 430 g/mol. The first-order valence-electron chi connectivity index (χ1n) is 9.09. The Kier molecular flexibility index (Phi) is 6.17. The van der Waals surface area contributed by atoms with Crippen molar-refractivity contribution in [1.29, 1.82) is 0 Å². The van der Waals surface area contributed by atoms with E-state index < -0.39 is 21.7 Å². The molecule has 2 aromatic carbocycles. The fraction of sp³-hybridized carbons (Fsp3) is 0.136. The van der Waals surface area contributed by atoms with E-state index >= 15 is 0 Å². The van der Waals surface area contributed by atoms with Gasteiger partial charge in [0, 0.05) is 23.0 Å². The largest absolute Gasteiger partial charge is 0.454 e. The number of rotatable bonds is 7. The molecular weight excluding hydrogens is 410 g/mol. The van der Waals surface area contributed by atoms with Crippen LogP contribution >= 0.6 is 0 Å². The van der Waals surface area contributed by atoms with Gasteiger partial charge < -0.3 is 4.74 Å². The predicted octanol–water partition coefficient (Wildman–Crippen LogP) is 5.53. The zero-order valence-corrected chi connectivity index (χ0v) is 17.3. The average Bonchev–Trinajstić information content (AvgIpc) is 2.70. The molecular formula is C22H20F2N2O3S. The zero-order valence-electron chi connectivity index (χ0n) is 16.4. The predicted molar refractivity (Wildman–Crippen MR) is 114 cm³/mol. The molecule has 0 unspecified atom stereocenters. The van der Waals surface area contributed by atoms with Crippen LogP contribution in [0.15, 0.2) is 55.1 Å². The molecule has 156 valence electrons. The van der Waals surface area contributed by atoms with Gasteiger partial charge in [-0.2, -0.15) is 0 Å². The Hall–Kier alpha value is -3.26.